The van der Waals surface area contributed by atoms with Gasteiger partial charge in [-0.2, -0.15) is 0 Å². The number of likely N-dealkylation sites (N-methyl/N-ethyl adjacent to an activating group) is 1. The number of piperidine rings is 1. The van der Waals surface area contributed by atoms with Crippen molar-refractivity contribution >= 4 is 12.0 Å². The van der Waals surface area contributed by atoms with Crippen molar-refractivity contribution in [2.24, 2.45) is 0 Å². The third-order valence-corrected chi connectivity index (χ3v) is 3.40. The van der Waals surface area contributed by atoms with Crippen LogP contribution in [0.5, 0.6) is 0 Å². The predicted molar refractivity (Wildman–Crippen MR) is 66.5 cm³/mol. The van der Waals surface area contributed by atoms with E-state index in [2.05, 4.69) is 0 Å². The molecule has 1 aliphatic rings. The minimum absolute atomic E-state index is 0.0705. The lowest BCUT2D eigenvalue weighted by atomic mass is 10.0. The average Bonchev–Trinajstić information content (AvgIpc) is 2.37. The zero-order chi connectivity index (χ0) is 13.7. The van der Waals surface area contributed by atoms with E-state index < -0.39 is 12.0 Å². The number of methoxy groups -OCH3 is 1. The van der Waals surface area contributed by atoms with Crippen LogP contribution in [0.4, 0.5) is 4.79 Å². The Morgan fingerprint density at radius 2 is 2.17 bits per heavy atom. The lowest BCUT2D eigenvalue weighted by Crippen LogP contribution is -2.54. The van der Waals surface area contributed by atoms with Crippen molar-refractivity contribution in [2.75, 3.05) is 27.3 Å². The number of carboxylic acids is 1. The minimum Gasteiger partial charge on any atom is -0.480 e. The Morgan fingerprint density at radius 1 is 1.50 bits per heavy atom. The van der Waals surface area contributed by atoms with Crippen LogP contribution in [0.15, 0.2) is 0 Å². The standard InChI is InChI=1S/C12H22N2O4/c1-9(8-18-3)13(2)12(17)14-7-5-4-6-10(14)11(15)16/h9-10H,4-8H2,1-3H3,(H,15,16). The van der Waals surface area contributed by atoms with Gasteiger partial charge in [0, 0.05) is 20.7 Å². The van der Waals surface area contributed by atoms with Gasteiger partial charge in [0.15, 0.2) is 0 Å². The van der Waals surface area contributed by atoms with Gasteiger partial charge in [0.2, 0.25) is 0 Å². The number of aliphatic carboxylic acids is 1. The Morgan fingerprint density at radius 3 is 2.72 bits per heavy atom. The summed E-state index contributed by atoms with van der Waals surface area (Å²) in [6.07, 6.45) is 2.26. The van der Waals surface area contributed by atoms with Crippen LogP contribution in [0.2, 0.25) is 0 Å². The number of urea groups is 1. The second-order valence-electron chi connectivity index (χ2n) is 4.74. The van der Waals surface area contributed by atoms with Crippen LogP contribution in [0.25, 0.3) is 0 Å². The fourth-order valence-electron chi connectivity index (χ4n) is 2.16. The van der Waals surface area contributed by atoms with E-state index in [9.17, 15) is 9.59 Å². The van der Waals surface area contributed by atoms with E-state index in [-0.39, 0.29) is 12.1 Å². The molecule has 1 rings (SSSR count). The fraction of sp³-hybridized carbons (Fsp3) is 0.833. The van der Waals surface area contributed by atoms with Crippen molar-refractivity contribution in [3.8, 4) is 0 Å². The van der Waals surface area contributed by atoms with E-state index in [0.29, 0.717) is 19.6 Å². The average molecular weight is 258 g/mol. The third kappa shape index (κ3) is 3.35. The van der Waals surface area contributed by atoms with Gasteiger partial charge in [-0.15, -0.1) is 0 Å². The SMILES string of the molecule is COCC(C)N(C)C(=O)N1CCCCC1C(=O)O. The zero-order valence-corrected chi connectivity index (χ0v) is 11.3. The Bertz CT molecular complexity index is 308. The molecule has 0 spiro atoms. The smallest absolute Gasteiger partial charge is 0.326 e. The Balaban J connectivity index is 2.70. The molecule has 2 amide bonds. The number of likely N-dealkylation sites (tertiary alicyclic amines) is 1. The topological polar surface area (TPSA) is 70.1 Å². The van der Waals surface area contributed by atoms with Gasteiger partial charge in [0.05, 0.1) is 12.6 Å². The molecule has 1 heterocycles. The molecular weight excluding hydrogens is 236 g/mol. The number of ether oxygens (including phenoxy) is 1. The van der Waals surface area contributed by atoms with Crippen LogP contribution in [0.1, 0.15) is 26.2 Å². The predicted octanol–water partition coefficient (Wildman–Crippen LogP) is 1.01. The van der Waals surface area contributed by atoms with E-state index in [0.717, 1.165) is 12.8 Å². The van der Waals surface area contributed by atoms with Crippen LogP contribution in [0.3, 0.4) is 0 Å². The molecule has 2 atom stereocenters. The van der Waals surface area contributed by atoms with Gasteiger partial charge < -0.3 is 19.6 Å². The summed E-state index contributed by atoms with van der Waals surface area (Å²) in [6.45, 7) is 2.83. The third-order valence-electron chi connectivity index (χ3n) is 3.40. The van der Waals surface area contributed by atoms with Crippen molar-refractivity contribution in [2.45, 2.75) is 38.3 Å². The molecule has 0 aromatic heterocycles. The Kier molecular flexibility index (Phi) is 5.40. The van der Waals surface area contributed by atoms with Crippen molar-refractivity contribution in [3.63, 3.8) is 0 Å². The Hall–Kier alpha value is -1.30. The summed E-state index contributed by atoms with van der Waals surface area (Å²) in [5.41, 5.74) is 0. The van der Waals surface area contributed by atoms with Crippen LogP contribution in [0, 0.1) is 0 Å². The number of carboxylic acid groups (broad SMARTS) is 1. The van der Waals surface area contributed by atoms with Crippen molar-refractivity contribution in [1.82, 2.24) is 9.80 Å². The second-order valence-corrected chi connectivity index (χ2v) is 4.74. The Labute approximate surface area is 107 Å². The monoisotopic (exact) mass is 258 g/mol. The van der Waals surface area contributed by atoms with Gasteiger partial charge >= 0.3 is 12.0 Å². The summed E-state index contributed by atoms with van der Waals surface area (Å²) >= 11 is 0. The quantitative estimate of drug-likeness (QED) is 0.817. The first-order chi connectivity index (χ1) is 8.49. The molecule has 0 bridgehead atoms. The molecule has 1 fully saturated rings. The molecule has 0 radical (unpaired) electrons. The van der Waals surface area contributed by atoms with E-state index in [4.69, 9.17) is 9.84 Å². The first-order valence-electron chi connectivity index (χ1n) is 6.24. The highest BCUT2D eigenvalue weighted by atomic mass is 16.5. The fourth-order valence-corrected chi connectivity index (χ4v) is 2.16. The molecule has 6 nitrogen and oxygen atoms in total. The van der Waals surface area contributed by atoms with Crippen molar-refractivity contribution in [1.29, 1.82) is 0 Å². The van der Waals surface area contributed by atoms with Crippen molar-refractivity contribution in [3.05, 3.63) is 0 Å². The molecule has 0 aromatic rings. The highest BCUT2D eigenvalue weighted by molar-refractivity contribution is 5.83. The summed E-state index contributed by atoms with van der Waals surface area (Å²) < 4.78 is 5.01. The van der Waals surface area contributed by atoms with Crippen LogP contribution in [-0.2, 0) is 9.53 Å². The number of hydrogen-bond donors (Lipinski definition) is 1. The molecule has 6 heteroatoms. The second kappa shape index (κ2) is 6.58. The molecule has 104 valence electrons. The molecule has 1 N–H and O–H groups in total. The van der Waals surface area contributed by atoms with E-state index in [1.807, 2.05) is 6.92 Å². The summed E-state index contributed by atoms with van der Waals surface area (Å²) in [5, 5.41) is 9.14. The van der Waals surface area contributed by atoms with E-state index in [1.54, 1.807) is 19.1 Å². The van der Waals surface area contributed by atoms with Gasteiger partial charge in [-0.25, -0.2) is 9.59 Å². The highest BCUT2D eigenvalue weighted by Gasteiger charge is 2.34. The summed E-state index contributed by atoms with van der Waals surface area (Å²) in [6, 6.07) is -0.992. The maximum Gasteiger partial charge on any atom is 0.326 e. The molecule has 1 aliphatic heterocycles. The lowest BCUT2D eigenvalue weighted by Gasteiger charge is -2.37. The first-order valence-corrected chi connectivity index (χ1v) is 6.24. The maximum atomic E-state index is 12.3. The molecule has 2 unspecified atom stereocenters. The number of hydrogen-bond acceptors (Lipinski definition) is 3. The van der Waals surface area contributed by atoms with Gasteiger partial charge in [0.25, 0.3) is 0 Å². The van der Waals surface area contributed by atoms with E-state index in [1.165, 1.54) is 4.90 Å². The normalized spacial score (nSPS) is 21.5. The maximum absolute atomic E-state index is 12.3. The van der Waals surface area contributed by atoms with E-state index >= 15 is 0 Å². The van der Waals surface area contributed by atoms with Crippen LogP contribution < -0.4 is 0 Å². The molecule has 18 heavy (non-hydrogen) atoms. The summed E-state index contributed by atoms with van der Waals surface area (Å²) in [7, 11) is 3.26. The summed E-state index contributed by atoms with van der Waals surface area (Å²) in [4.78, 5) is 26.4. The molecule has 0 saturated carbocycles. The molecule has 1 saturated heterocycles. The number of carbonyl (C=O) groups is 2. The van der Waals surface area contributed by atoms with Gasteiger partial charge in [0.1, 0.15) is 6.04 Å². The summed E-state index contributed by atoms with van der Waals surface area (Å²) in [5.74, 6) is -0.921. The number of carbonyl (C=O) groups excluding carboxylic acids is 1. The van der Waals surface area contributed by atoms with Gasteiger partial charge in [-0.1, -0.05) is 0 Å². The van der Waals surface area contributed by atoms with Crippen molar-refractivity contribution < 1.29 is 19.4 Å². The largest absolute Gasteiger partial charge is 0.480 e. The lowest BCUT2D eigenvalue weighted by molar-refractivity contribution is -0.143. The van der Waals surface area contributed by atoms with Crippen LogP contribution in [-0.4, -0.2) is 66.3 Å². The molecule has 0 aliphatic carbocycles. The first kappa shape index (κ1) is 14.8. The van der Waals surface area contributed by atoms with Crippen LogP contribution >= 0.6 is 0 Å². The molecule has 0 aromatic carbocycles. The molecular formula is C12H22N2O4. The van der Waals surface area contributed by atoms with Gasteiger partial charge in [-0.3, -0.25) is 0 Å². The number of nitrogens with zero attached hydrogens (tertiary/aromatic N) is 2. The number of amides is 2. The highest BCUT2D eigenvalue weighted by Crippen LogP contribution is 2.19. The minimum atomic E-state index is -0.921. The van der Waals surface area contributed by atoms with Gasteiger partial charge in [-0.05, 0) is 26.2 Å². The number of rotatable bonds is 4. The zero-order valence-electron chi connectivity index (χ0n) is 11.3.